The summed E-state index contributed by atoms with van der Waals surface area (Å²) in [6.45, 7) is 2.05. The summed E-state index contributed by atoms with van der Waals surface area (Å²) in [7, 11) is -0.821. The van der Waals surface area contributed by atoms with E-state index >= 15 is 0 Å². The highest BCUT2D eigenvalue weighted by Gasteiger charge is 2.18. The summed E-state index contributed by atoms with van der Waals surface area (Å²) in [5.74, 6) is 0.547. The van der Waals surface area contributed by atoms with E-state index in [0.29, 0.717) is 18.9 Å². The van der Waals surface area contributed by atoms with Gasteiger partial charge in [-0.05, 0) is 41.2 Å². The molecule has 3 aromatic rings. The smallest absolute Gasteiger partial charge is 0.537 e. The van der Waals surface area contributed by atoms with Crippen LogP contribution in [0.2, 0.25) is 0 Å². The molecule has 26 heavy (non-hydrogen) atoms. The molecule has 0 aliphatic carbocycles. The minimum atomic E-state index is -1.48. The third kappa shape index (κ3) is 4.17. The van der Waals surface area contributed by atoms with Gasteiger partial charge in [0.25, 0.3) is 0 Å². The van der Waals surface area contributed by atoms with Gasteiger partial charge < -0.3 is 19.7 Å². The maximum absolute atomic E-state index is 9.32. The Morgan fingerprint density at radius 3 is 1.69 bits per heavy atom. The molecule has 0 fully saturated rings. The van der Waals surface area contributed by atoms with Crippen LogP contribution in [0.1, 0.15) is 28.2 Å². The predicted octanol–water partition coefficient (Wildman–Crippen LogP) is 1.76. The molecule has 1 radical (unpaired) electrons. The summed E-state index contributed by atoms with van der Waals surface area (Å²) >= 11 is 0. The minimum absolute atomic E-state index is 0.00681. The average molecular weight is 345 g/mol. The molecule has 1 atom stereocenters. The number of benzene rings is 3. The molecule has 0 heterocycles. The Hall–Kier alpha value is -2.53. The molecule has 0 bridgehead atoms. The first-order valence-corrected chi connectivity index (χ1v) is 8.33. The largest absolute Gasteiger partial charge is 0.569 e. The van der Waals surface area contributed by atoms with Crippen LogP contribution < -0.4 is 10.1 Å². The zero-order valence-electron chi connectivity index (χ0n) is 14.4. The van der Waals surface area contributed by atoms with Crippen molar-refractivity contribution in [2.24, 2.45) is 0 Å². The second kappa shape index (κ2) is 8.23. The van der Waals surface area contributed by atoms with Gasteiger partial charge in [-0.15, -0.1) is 0 Å². The SMILES string of the molecule is Cc1ccc(C(c2ccc(O[B]O)cc2)c2ccc(B(O)O)cc2)cc1. The molecule has 0 aliphatic rings. The fraction of sp³-hybridized carbons (Fsp3) is 0.100. The van der Waals surface area contributed by atoms with Crippen molar-refractivity contribution < 1.29 is 19.7 Å². The number of aryl methyl sites for hydroxylation is 1. The van der Waals surface area contributed by atoms with Crippen LogP contribution in [0.3, 0.4) is 0 Å². The lowest BCUT2D eigenvalue weighted by atomic mass is 9.78. The monoisotopic (exact) mass is 345 g/mol. The normalized spacial score (nSPS) is 11.7. The molecule has 3 aromatic carbocycles. The zero-order valence-corrected chi connectivity index (χ0v) is 14.4. The topological polar surface area (TPSA) is 69.9 Å². The highest BCUT2D eigenvalue weighted by Crippen LogP contribution is 2.32. The molecule has 0 aliphatic heterocycles. The van der Waals surface area contributed by atoms with Gasteiger partial charge in [0.2, 0.25) is 0 Å². The van der Waals surface area contributed by atoms with E-state index in [1.807, 2.05) is 31.2 Å². The Balaban J connectivity index is 2.02. The number of rotatable bonds is 6. The summed E-state index contributed by atoms with van der Waals surface area (Å²) in [6, 6.07) is 23.1. The Labute approximate surface area is 154 Å². The van der Waals surface area contributed by atoms with Gasteiger partial charge in [-0.3, -0.25) is 0 Å². The van der Waals surface area contributed by atoms with E-state index in [1.165, 1.54) is 5.56 Å². The molecule has 3 rings (SSSR count). The van der Waals surface area contributed by atoms with Crippen LogP contribution in [0.15, 0.2) is 72.8 Å². The summed E-state index contributed by atoms with van der Waals surface area (Å²) in [5.41, 5.74) is 4.89. The van der Waals surface area contributed by atoms with Gasteiger partial charge in [0.1, 0.15) is 0 Å². The third-order valence-electron chi connectivity index (χ3n) is 4.38. The van der Waals surface area contributed by atoms with Crippen molar-refractivity contribution in [3.8, 4) is 5.75 Å². The molecule has 0 amide bonds. The first-order chi connectivity index (χ1) is 12.6. The van der Waals surface area contributed by atoms with Gasteiger partial charge in [0, 0.05) is 5.92 Å². The van der Waals surface area contributed by atoms with Gasteiger partial charge in [-0.1, -0.05) is 66.2 Å². The quantitative estimate of drug-likeness (QED) is 0.471. The van der Waals surface area contributed by atoms with Crippen molar-refractivity contribution in [2.45, 2.75) is 12.8 Å². The first kappa shape index (κ1) is 18.3. The lowest BCUT2D eigenvalue weighted by Crippen LogP contribution is -2.29. The summed E-state index contributed by atoms with van der Waals surface area (Å²) in [4.78, 5) is 0. The molecule has 129 valence electrons. The van der Waals surface area contributed by atoms with Crippen molar-refractivity contribution in [2.75, 3.05) is 0 Å². The molecule has 0 aromatic heterocycles. The number of hydrogen-bond acceptors (Lipinski definition) is 4. The van der Waals surface area contributed by atoms with E-state index in [0.717, 1.165) is 16.7 Å². The maximum atomic E-state index is 9.32. The lowest BCUT2D eigenvalue weighted by molar-refractivity contribution is 0.425. The molecular formula is C20H19B2O4. The molecule has 3 N–H and O–H groups in total. The highest BCUT2D eigenvalue weighted by atomic mass is 16.5. The van der Waals surface area contributed by atoms with Crippen LogP contribution in [-0.4, -0.2) is 29.9 Å². The Morgan fingerprint density at radius 2 is 1.23 bits per heavy atom. The fourth-order valence-electron chi connectivity index (χ4n) is 3.00. The van der Waals surface area contributed by atoms with Gasteiger partial charge in [0.15, 0.2) is 0 Å². The van der Waals surface area contributed by atoms with Crippen LogP contribution in [-0.2, 0) is 0 Å². The van der Waals surface area contributed by atoms with Crippen molar-refractivity contribution in [1.29, 1.82) is 0 Å². The van der Waals surface area contributed by atoms with Crippen LogP contribution in [0.4, 0.5) is 0 Å². The van der Waals surface area contributed by atoms with Crippen molar-refractivity contribution in [3.05, 3.63) is 95.1 Å². The van der Waals surface area contributed by atoms with Crippen LogP contribution >= 0.6 is 0 Å². The molecule has 0 spiro atoms. The van der Waals surface area contributed by atoms with E-state index in [1.54, 1.807) is 24.3 Å². The third-order valence-corrected chi connectivity index (χ3v) is 4.38. The van der Waals surface area contributed by atoms with Gasteiger partial charge in [-0.25, -0.2) is 0 Å². The predicted molar refractivity (Wildman–Crippen MR) is 103 cm³/mol. The highest BCUT2D eigenvalue weighted by molar-refractivity contribution is 6.58. The Kier molecular flexibility index (Phi) is 5.78. The van der Waals surface area contributed by atoms with E-state index < -0.39 is 7.12 Å². The average Bonchev–Trinajstić information content (AvgIpc) is 2.65. The lowest BCUT2D eigenvalue weighted by Gasteiger charge is -2.20. The first-order valence-electron chi connectivity index (χ1n) is 8.33. The fourth-order valence-corrected chi connectivity index (χ4v) is 3.00. The van der Waals surface area contributed by atoms with Crippen molar-refractivity contribution >= 4 is 20.3 Å². The second-order valence-electron chi connectivity index (χ2n) is 6.18. The summed E-state index contributed by atoms with van der Waals surface area (Å²) < 4.78 is 4.98. The number of hydrogen-bond donors (Lipinski definition) is 3. The van der Waals surface area contributed by atoms with Crippen molar-refractivity contribution in [1.82, 2.24) is 0 Å². The van der Waals surface area contributed by atoms with Gasteiger partial charge in [-0.2, -0.15) is 0 Å². The van der Waals surface area contributed by atoms with E-state index in [2.05, 4.69) is 24.3 Å². The molecule has 4 nitrogen and oxygen atoms in total. The van der Waals surface area contributed by atoms with E-state index in [9.17, 15) is 10.0 Å². The Morgan fingerprint density at radius 1 is 0.769 bits per heavy atom. The van der Waals surface area contributed by atoms with Gasteiger partial charge in [0.05, 0.1) is 5.75 Å². The Bertz CT molecular complexity index is 831. The molecular weight excluding hydrogens is 326 g/mol. The molecule has 6 heteroatoms. The van der Waals surface area contributed by atoms with Gasteiger partial charge >= 0.3 is 14.8 Å². The van der Waals surface area contributed by atoms with Crippen molar-refractivity contribution in [3.63, 3.8) is 0 Å². The summed E-state index contributed by atoms with van der Waals surface area (Å²) in [6.07, 6.45) is 0. The minimum Gasteiger partial charge on any atom is -0.537 e. The second-order valence-corrected chi connectivity index (χ2v) is 6.18. The molecule has 0 saturated heterocycles. The maximum Gasteiger partial charge on any atom is 0.569 e. The van der Waals surface area contributed by atoms with Crippen LogP contribution in [0.25, 0.3) is 0 Å². The zero-order chi connectivity index (χ0) is 18.5. The molecule has 0 saturated carbocycles. The van der Waals surface area contributed by atoms with Crippen LogP contribution in [0, 0.1) is 6.92 Å². The van der Waals surface area contributed by atoms with E-state index in [-0.39, 0.29) is 5.92 Å². The van der Waals surface area contributed by atoms with E-state index in [4.69, 9.17) is 9.68 Å². The summed E-state index contributed by atoms with van der Waals surface area (Å²) in [5, 5.41) is 27.4. The molecule has 1 unspecified atom stereocenters. The standard InChI is InChI=1S/C20H19B2O4/c1-14-2-4-15(5-3-14)20(16-6-10-18(11-7-16)22(24)25)17-8-12-19(13-9-17)26-21-23/h2-13,20,23-25H,1H3. The van der Waals surface area contributed by atoms with Crippen LogP contribution in [0.5, 0.6) is 5.75 Å².